The van der Waals surface area contributed by atoms with Gasteiger partial charge in [-0.15, -0.1) is 11.3 Å². The number of hydrogen-bond acceptors (Lipinski definition) is 7. The van der Waals surface area contributed by atoms with E-state index in [4.69, 9.17) is 4.74 Å². The number of thiazole rings is 1. The molecule has 1 fully saturated rings. The predicted octanol–water partition coefficient (Wildman–Crippen LogP) is 1.49. The van der Waals surface area contributed by atoms with E-state index in [0.29, 0.717) is 17.1 Å². The third-order valence-corrected chi connectivity index (χ3v) is 6.15. The average molecular weight is 419 g/mol. The molecule has 1 saturated heterocycles. The van der Waals surface area contributed by atoms with Gasteiger partial charge in [0.2, 0.25) is 0 Å². The Bertz CT molecular complexity index is 1010. The summed E-state index contributed by atoms with van der Waals surface area (Å²) in [6, 6.07) is 9.69. The molecule has 0 aliphatic carbocycles. The van der Waals surface area contributed by atoms with Crippen molar-refractivity contribution < 1.29 is 9.53 Å². The number of nitrogens with one attached hydrogen (secondary N) is 1. The van der Waals surface area contributed by atoms with Gasteiger partial charge in [0.25, 0.3) is 5.91 Å². The smallest absolute Gasteiger partial charge is 0.275 e. The Morgan fingerprint density at radius 3 is 2.80 bits per heavy atom. The minimum Gasteiger partial charge on any atom is -0.494 e. The monoisotopic (exact) mass is 419 g/mol. The molecule has 1 aromatic carbocycles. The van der Waals surface area contributed by atoms with Gasteiger partial charge in [0.05, 0.1) is 20.5 Å². The first kappa shape index (κ1) is 20.4. The van der Waals surface area contributed by atoms with Crippen LogP contribution < -0.4 is 15.0 Å². The Labute approximate surface area is 181 Å². The van der Waals surface area contributed by atoms with Crippen LogP contribution >= 0.6 is 11.3 Å². The molecule has 1 aliphatic rings. The number of methoxy groups -OCH3 is 1. The van der Waals surface area contributed by atoms with Gasteiger partial charge in [-0.1, -0.05) is 0 Å². The van der Waals surface area contributed by atoms with Crippen LogP contribution in [0.1, 0.15) is 10.5 Å². The number of carbonyl (C=O) groups excluding carboxylic acids is 1. The average Bonchev–Trinajstić information content (AvgIpc) is 3.30. The molecule has 3 heterocycles. The molecular weight excluding hydrogens is 396 g/mol. The summed E-state index contributed by atoms with van der Waals surface area (Å²) in [6.45, 7) is 4.08. The lowest BCUT2D eigenvalue weighted by molar-refractivity contribution is 0.102. The van der Waals surface area contributed by atoms with E-state index in [1.165, 1.54) is 11.3 Å². The number of hydrogen-bond donors (Lipinski definition) is 1. The maximum Gasteiger partial charge on any atom is 0.275 e. The quantitative estimate of drug-likeness (QED) is 0.611. The fourth-order valence-corrected chi connectivity index (χ4v) is 4.28. The van der Waals surface area contributed by atoms with Crippen molar-refractivity contribution in [1.82, 2.24) is 14.8 Å². The van der Waals surface area contributed by atoms with E-state index in [9.17, 15) is 4.79 Å². The summed E-state index contributed by atoms with van der Waals surface area (Å²) in [5, 5.41) is 5.45. The molecule has 4 rings (SSSR count). The van der Waals surface area contributed by atoms with Crippen molar-refractivity contribution in [2.24, 2.45) is 0 Å². The highest BCUT2D eigenvalue weighted by Crippen LogP contribution is 2.31. The lowest BCUT2D eigenvalue weighted by Crippen LogP contribution is -2.47. The van der Waals surface area contributed by atoms with Crippen molar-refractivity contribution in [1.29, 1.82) is 0 Å². The summed E-state index contributed by atoms with van der Waals surface area (Å²) in [5.74, 6) is 0.380. The highest BCUT2D eigenvalue weighted by Gasteiger charge is 2.19. The van der Waals surface area contributed by atoms with Crippen LogP contribution in [0.3, 0.4) is 0 Å². The van der Waals surface area contributed by atoms with Crippen molar-refractivity contribution in [3.8, 4) is 16.3 Å². The fourth-order valence-electron chi connectivity index (χ4n) is 3.49. The number of anilines is 2. The van der Waals surface area contributed by atoms with Gasteiger partial charge in [0, 0.05) is 61.3 Å². The molecule has 1 N–H and O–H groups in total. The Balaban J connectivity index is 1.46. The van der Waals surface area contributed by atoms with E-state index < -0.39 is 0 Å². The van der Waals surface area contributed by atoms with Crippen molar-refractivity contribution in [3.63, 3.8) is 0 Å². The van der Waals surface area contributed by atoms with Gasteiger partial charge in [0.15, 0.2) is 7.31 Å². The third kappa shape index (κ3) is 4.49. The second kappa shape index (κ2) is 9.32. The number of pyridine rings is 1. The molecule has 1 aliphatic heterocycles. The first-order chi connectivity index (χ1) is 14.7. The number of carbonyl (C=O) groups is 1. The van der Waals surface area contributed by atoms with Crippen LogP contribution in [0.2, 0.25) is 0 Å². The predicted molar refractivity (Wildman–Crippen MR) is 126 cm³/mol. The normalized spacial score (nSPS) is 14.4. The molecule has 0 radical (unpaired) electrons. The number of aromatic nitrogens is 2. The summed E-state index contributed by atoms with van der Waals surface area (Å²) in [5.41, 5.74) is 3.01. The molecule has 30 heavy (non-hydrogen) atoms. The minimum atomic E-state index is -0.260. The van der Waals surface area contributed by atoms with Crippen molar-refractivity contribution in [2.75, 3.05) is 43.5 Å². The van der Waals surface area contributed by atoms with Crippen molar-refractivity contribution in [2.45, 2.75) is 0 Å². The molecule has 7 nitrogen and oxygen atoms in total. The van der Waals surface area contributed by atoms with E-state index in [2.05, 4.69) is 32.7 Å². The van der Waals surface area contributed by atoms with Crippen molar-refractivity contribution >= 4 is 43.7 Å². The van der Waals surface area contributed by atoms with Crippen LogP contribution in [0.5, 0.6) is 5.75 Å². The minimum absolute atomic E-state index is 0.260. The van der Waals surface area contributed by atoms with E-state index in [1.54, 1.807) is 24.9 Å². The van der Waals surface area contributed by atoms with Crippen LogP contribution in [-0.4, -0.2) is 69.0 Å². The number of benzene rings is 1. The summed E-state index contributed by atoms with van der Waals surface area (Å²) < 4.78 is 5.55. The van der Waals surface area contributed by atoms with Gasteiger partial charge in [0.1, 0.15) is 16.5 Å². The van der Waals surface area contributed by atoms with Gasteiger partial charge < -0.3 is 19.8 Å². The third-order valence-electron chi connectivity index (χ3n) is 5.26. The molecule has 1 amide bonds. The second-order valence-corrected chi connectivity index (χ2v) is 7.90. The summed E-state index contributed by atoms with van der Waals surface area (Å²) in [6.07, 6.45) is 3.45. The molecule has 0 bridgehead atoms. The Morgan fingerprint density at radius 2 is 2.10 bits per heavy atom. The topological polar surface area (TPSA) is 70.6 Å². The molecule has 3 aromatic rings. The fraction of sp³-hybridized carbons (Fsp3) is 0.250. The number of nitrogens with zero attached hydrogens (tertiary/aromatic N) is 4. The number of rotatable bonds is 6. The van der Waals surface area contributed by atoms with Crippen LogP contribution in [0.15, 0.2) is 48.1 Å². The highest BCUT2D eigenvalue weighted by atomic mass is 32.1. The second-order valence-electron chi connectivity index (χ2n) is 7.04. The summed E-state index contributed by atoms with van der Waals surface area (Å²) >= 11 is 1.42. The van der Waals surface area contributed by atoms with Crippen LogP contribution in [-0.2, 0) is 0 Å². The van der Waals surface area contributed by atoms with E-state index in [1.807, 2.05) is 30.3 Å². The Hall–Kier alpha value is -2.84. The van der Waals surface area contributed by atoms with E-state index in [0.717, 1.165) is 49.7 Å². The zero-order chi connectivity index (χ0) is 20.9. The largest absolute Gasteiger partial charge is 0.494 e. The molecule has 0 unspecified atom stereocenters. The maximum absolute atomic E-state index is 12.7. The number of piperazine rings is 1. The van der Waals surface area contributed by atoms with E-state index >= 15 is 0 Å². The van der Waals surface area contributed by atoms with Gasteiger partial charge >= 0.3 is 0 Å². The first-order valence-corrected chi connectivity index (χ1v) is 10.9. The Morgan fingerprint density at radius 1 is 1.27 bits per heavy atom. The molecular formula is C20H23B2N5O2S. The SMILES string of the molecule is BBN1CCN(c2ccc(NC(=O)c3csc(-c4cccnc4)n3)c(OC)c2)CC1. The summed E-state index contributed by atoms with van der Waals surface area (Å²) in [7, 11) is 4.90. The highest BCUT2D eigenvalue weighted by molar-refractivity contribution is 7.13. The van der Waals surface area contributed by atoms with Gasteiger partial charge in [-0.3, -0.25) is 9.78 Å². The zero-order valence-corrected chi connectivity index (χ0v) is 18.0. The molecule has 0 atom stereocenters. The molecule has 2 aromatic heterocycles. The van der Waals surface area contributed by atoms with Crippen LogP contribution in [0, 0.1) is 0 Å². The van der Waals surface area contributed by atoms with Crippen molar-refractivity contribution in [3.05, 3.63) is 53.8 Å². The van der Waals surface area contributed by atoms with Crippen LogP contribution in [0.4, 0.5) is 11.4 Å². The van der Waals surface area contributed by atoms with Crippen LogP contribution in [0.25, 0.3) is 10.6 Å². The Kier molecular flexibility index (Phi) is 6.35. The number of ether oxygens (including phenoxy) is 1. The first-order valence-electron chi connectivity index (χ1n) is 10.0. The zero-order valence-electron chi connectivity index (χ0n) is 17.2. The standard InChI is InChI=1S/C20H23B2N5O2S/c1-29-18-11-15(26-7-9-27(22-21)10-8-26)4-5-16(18)24-19(28)17-13-30-20(25-17)14-3-2-6-23-12-14/h2-6,11-13,22H,7-10,21H2,1H3,(H,24,28). The van der Waals surface area contributed by atoms with E-state index in [-0.39, 0.29) is 5.91 Å². The molecule has 0 saturated carbocycles. The van der Waals surface area contributed by atoms with Gasteiger partial charge in [-0.25, -0.2) is 4.98 Å². The maximum atomic E-state index is 12.7. The molecule has 152 valence electrons. The lowest BCUT2D eigenvalue weighted by atomic mass is 9.65. The lowest BCUT2D eigenvalue weighted by Gasteiger charge is -2.36. The molecule has 0 spiro atoms. The van der Waals surface area contributed by atoms with Gasteiger partial charge in [-0.05, 0) is 24.3 Å². The number of amides is 1. The van der Waals surface area contributed by atoms with Gasteiger partial charge in [-0.2, -0.15) is 0 Å². The molecule has 10 heteroatoms. The summed E-state index contributed by atoms with van der Waals surface area (Å²) in [4.78, 5) is 26.1.